The largest absolute Gasteiger partial charge is 0.396 e. The third-order valence-electron chi connectivity index (χ3n) is 1.34. The van der Waals surface area contributed by atoms with Gasteiger partial charge >= 0.3 is 0 Å². The van der Waals surface area contributed by atoms with E-state index in [-0.39, 0.29) is 41.7 Å². The maximum Gasteiger partial charge on any atom is 0.0627 e. The molecule has 0 unspecified atom stereocenters. The normalized spacial score (nSPS) is 10.8. The molecule has 0 aromatic carbocycles. The number of hydrogen-bond acceptors (Lipinski definition) is 4. The molecule has 0 radical (unpaired) electrons. The zero-order chi connectivity index (χ0) is 7.33. The molecule has 0 fully saturated rings. The van der Waals surface area contributed by atoms with E-state index >= 15 is 0 Å². The Bertz CT molecular complexity index is 56.5. The molecule has 0 aliphatic carbocycles. The van der Waals surface area contributed by atoms with Gasteiger partial charge in [-0.25, -0.2) is 0 Å². The van der Waals surface area contributed by atoms with E-state index in [1.165, 1.54) is 0 Å². The fourth-order valence-corrected chi connectivity index (χ4v) is 0.300. The van der Waals surface area contributed by atoms with Gasteiger partial charge in [0.25, 0.3) is 0 Å². The summed E-state index contributed by atoms with van der Waals surface area (Å²) in [5, 5.41) is 34.0. The van der Waals surface area contributed by atoms with E-state index < -0.39 is 31.8 Å². The Morgan fingerprint density at radius 1 is 0.700 bits per heavy atom. The minimum Gasteiger partial charge on any atom is -0.396 e. The van der Waals surface area contributed by atoms with Crippen molar-refractivity contribution >= 4 is 0 Å². The van der Waals surface area contributed by atoms with Gasteiger partial charge in [-0.15, -0.1) is 0 Å². The van der Waals surface area contributed by atoms with Crippen molar-refractivity contribution in [1.29, 1.82) is 0 Å². The summed E-state index contributed by atoms with van der Waals surface area (Å²) in [7, 11) is 0. The number of aliphatic hydroxyl groups is 4. The van der Waals surface area contributed by atoms with Gasteiger partial charge in [-0.2, -0.15) is 0 Å². The standard InChI is InChI=1S/C5H12O4.Ce/c6-1-5(2-7,3-8)4-9;/h6-9H,1-4H2;. The van der Waals surface area contributed by atoms with Crippen LogP contribution in [0.25, 0.3) is 0 Å². The molecule has 0 saturated heterocycles. The molecule has 0 aliphatic rings. The van der Waals surface area contributed by atoms with Crippen molar-refractivity contribution in [2.24, 2.45) is 5.41 Å². The maximum absolute atomic E-state index is 8.50. The summed E-state index contributed by atoms with van der Waals surface area (Å²) in [4.78, 5) is 0. The fourth-order valence-electron chi connectivity index (χ4n) is 0.300. The molecule has 4 nitrogen and oxygen atoms in total. The molecular formula is C5H12CeO4. The molecule has 0 rings (SSSR count). The molecule has 0 bridgehead atoms. The van der Waals surface area contributed by atoms with Crippen LogP contribution in [0.4, 0.5) is 0 Å². The molecule has 0 spiro atoms. The van der Waals surface area contributed by atoms with Crippen LogP contribution in [0, 0.1) is 47.2 Å². The molecule has 4 N–H and O–H groups in total. The maximum atomic E-state index is 8.50. The first-order valence-electron chi connectivity index (χ1n) is 2.68. The molecule has 60 valence electrons. The smallest absolute Gasteiger partial charge is 0.0627 e. The quantitative estimate of drug-likeness (QED) is 0.476. The van der Waals surface area contributed by atoms with Crippen molar-refractivity contribution in [3.63, 3.8) is 0 Å². The van der Waals surface area contributed by atoms with Gasteiger partial charge in [0.1, 0.15) is 0 Å². The predicted octanol–water partition coefficient (Wildman–Crippen LogP) is -2.06. The molecule has 0 saturated carbocycles. The Morgan fingerprint density at radius 2 is 0.900 bits per heavy atom. The van der Waals surface area contributed by atoms with Gasteiger partial charge < -0.3 is 20.4 Å². The number of hydrogen-bond donors (Lipinski definition) is 4. The van der Waals surface area contributed by atoms with Crippen LogP contribution in [-0.4, -0.2) is 46.9 Å². The molecule has 0 amide bonds. The molecule has 0 aromatic rings. The van der Waals surface area contributed by atoms with Gasteiger partial charge in [-0.3, -0.25) is 0 Å². The van der Waals surface area contributed by atoms with E-state index in [2.05, 4.69) is 0 Å². The molecule has 0 heterocycles. The second-order valence-electron chi connectivity index (χ2n) is 2.13. The average molecular weight is 276 g/mol. The Labute approximate surface area is 93.3 Å². The first-order valence-corrected chi connectivity index (χ1v) is 2.68. The van der Waals surface area contributed by atoms with Crippen molar-refractivity contribution in [3.05, 3.63) is 0 Å². The van der Waals surface area contributed by atoms with Gasteiger partial charge in [0, 0.05) is 41.7 Å². The van der Waals surface area contributed by atoms with E-state index in [1.807, 2.05) is 0 Å². The van der Waals surface area contributed by atoms with Gasteiger partial charge in [0.2, 0.25) is 0 Å². The average Bonchev–Trinajstić information content (AvgIpc) is 1.95. The second-order valence-corrected chi connectivity index (χ2v) is 2.13. The molecule has 0 aromatic heterocycles. The Morgan fingerprint density at radius 3 is 0.900 bits per heavy atom. The zero-order valence-corrected chi connectivity index (χ0v) is 8.76. The van der Waals surface area contributed by atoms with Crippen LogP contribution in [0.3, 0.4) is 0 Å². The number of aliphatic hydroxyl groups excluding tert-OH is 4. The van der Waals surface area contributed by atoms with Crippen LogP contribution in [0.15, 0.2) is 0 Å². The minimum absolute atomic E-state index is 0. The van der Waals surface area contributed by atoms with E-state index in [1.54, 1.807) is 0 Å². The third-order valence-corrected chi connectivity index (χ3v) is 1.34. The first-order chi connectivity index (χ1) is 4.24. The van der Waals surface area contributed by atoms with Crippen LogP contribution in [0.5, 0.6) is 0 Å². The van der Waals surface area contributed by atoms with E-state index in [0.717, 1.165) is 0 Å². The van der Waals surface area contributed by atoms with Gasteiger partial charge in [0.05, 0.1) is 31.8 Å². The third kappa shape index (κ3) is 3.56. The fraction of sp³-hybridized carbons (Fsp3) is 1.00. The minimum atomic E-state index is -1.11. The zero-order valence-electron chi connectivity index (χ0n) is 5.62. The molecule has 0 atom stereocenters. The summed E-state index contributed by atoms with van der Waals surface area (Å²) in [5.41, 5.74) is -1.11. The van der Waals surface area contributed by atoms with Crippen LogP contribution in [-0.2, 0) is 0 Å². The molecule has 10 heavy (non-hydrogen) atoms. The summed E-state index contributed by atoms with van der Waals surface area (Å²) in [5.74, 6) is 0. The van der Waals surface area contributed by atoms with E-state index in [0.29, 0.717) is 0 Å². The van der Waals surface area contributed by atoms with Crippen molar-refractivity contribution in [3.8, 4) is 0 Å². The van der Waals surface area contributed by atoms with E-state index in [4.69, 9.17) is 20.4 Å². The first kappa shape index (κ1) is 13.8. The summed E-state index contributed by atoms with van der Waals surface area (Å²) in [6, 6.07) is 0. The summed E-state index contributed by atoms with van der Waals surface area (Å²) < 4.78 is 0. The summed E-state index contributed by atoms with van der Waals surface area (Å²) >= 11 is 0. The number of rotatable bonds is 4. The topological polar surface area (TPSA) is 80.9 Å². The van der Waals surface area contributed by atoms with Gasteiger partial charge in [-0.05, 0) is 0 Å². The van der Waals surface area contributed by atoms with Crippen molar-refractivity contribution in [2.45, 2.75) is 0 Å². The SMILES string of the molecule is OCC(CO)(CO)CO.[Ce]. The monoisotopic (exact) mass is 276 g/mol. The summed E-state index contributed by atoms with van der Waals surface area (Å²) in [6.07, 6.45) is 0. The van der Waals surface area contributed by atoms with Crippen molar-refractivity contribution in [1.82, 2.24) is 0 Å². The van der Waals surface area contributed by atoms with Crippen molar-refractivity contribution < 1.29 is 62.2 Å². The van der Waals surface area contributed by atoms with Crippen LogP contribution >= 0.6 is 0 Å². The second kappa shape index (κ2) is 6.90. The predicted molar refractivity (Wildman–Crippen MR) is 30.8 cm³/mol. The van der Waals surface area contributed by atoms with Crippen LogP contribution in [0.2, 0.25) is 0 Å². The molecule has 0 aliphatic heterocycles. The Balaban J connectivity index is 0. The van der Waals surface area contributed by atoms with Crippen LogP contribution < -0.4 is 0 Å². The Kier molecular flexibility index (Phi) is 9.51. The molecular weight excluding hydrogens is 264 g/mol. The van der Waals surface area contributed by atoms with E-state index in [9.17, 15) is 0 Å². The van der Waals surface area contributed by atoms with Crippen molar-refractivity contribution in [2.75, 3.05) is 26.4 Å². The Hall–Kier alpha value is 1.22. The summed E-state index contributed by atoms with van der Waals surface area (Å²) in [6.45, 7) is -1.62. The van der Waals surface area contributed by atoms with Gasteiger partial charge in [0.15, 0.2) is 0 Å². The molecule has 5 heteroatoms. The van der Waals surface area contributed by atoms with Crippen LogP contribution in [0.1, 0.15) is 0 Å². The van der Waals surface area contributed by atoms with Gasteiger partial charge in [-0.1, -0.05) is 0 Å².